The van der Waals surface area contributed by atoms with E-state index in [-0.39, 0.29) is 11.3 Å². The second-order valence-corrected chi connectivity index (χ2v) is 3.27. The van der Waals surface area contributed by atoms with Gasteiger partial charge in [0, 0.05) is 0 Å². The number of halogens is 1. The van der Waals surface area contributed by atoms with Crippen LogP contribution >= 0.6 is 0 Å². The Hall–Kier alpha value is -1.42. The highest BCUT2D eigenvalue weighted by Crippen LogP contribution is 2.24. The van der Waals surface area contributed by atoms with E-state index in [2.05, 4.69) is 0 Å². The minimum absolute atomic E-state index is 0.0579. The van der Waals surface area contributed by atoms with Gasteiger partial charge in [-0.1, -0.05) is 0 Å². The lowest BCUT2D eigenvalue weighted by molar-refractivity contribution is 0.0964. The lowest BCUT2D eigenvalue weighted by Crippen LogP contribution is -2.26. The number of ketones is 1. The number of phenols is 1. The Labute approximate surface area is 81.4 Å². The predicted molar refractivity (Wildman–Crippen MR) is 50.8 cm³/mol. The van der Waals surface area contributed by atoms with Crippen molar-refractivity contribution in [1.29, 1.82) is 0 Å². The number of rotatable bonds is 2. The second kappa shape index (κ2) is 3.75. The van der Waals surface area contributed by atoms with Gasteiger partial charge in [0.05, 0.1) is 11.6 Å². The summed E-state index contributed by atoms with van der Waals surface area (Å²) in [6, 6.07) is 1.41. The van der Waals surface area contributed by atoms with Gasteiger partial charge in [-0.05, 0) is 31.5 Å². The quantitative estimate of drug-likeness (QED) is 0.704. The van der Waals surface area contributed by atoms with Gasteiger partial charge in [-0.25, -0.2) is 4.39 Å². The van der Waals surface area contributed by atoms with Crippen molar-refractivity contribution in [1.82, 2.24) is 0 Å². The first-order valence-electron chi connectivity index (χ1n) is 4.22. The van der Waals surface area contributed by atoms with Crippen LogP contribution in [0.2, 0.25) is 0 Å². The number of benzene rings is 1. The van der Waals surface area contributed by atoms with Gasteiger partial charge in [0.1, 0.15) is 11.6 Å². The van der Waals surface area contributed by atoms with Gasteiger partial charge in [-0.2, -0.15) is 0 Å². The molecule has 0 aliphatic rings. The summed E-state index contributed by atoms with van der Waals surface area (Å²) >= 11 is 0. The van der Waals surface area contributed by atoms with Crippen molar-refractivity contribution in [2.24, 2.45) is 5.73 Å². The first-order chi connectivity index (χ1) is 6.43. The highest BCUT2D eigenvalue weighted by atomic mass is 19.1. The zero-order valence-corrected chi connectivity index (χ0v) is 8.04. The molecule has 0 aromatic heterocycles. The summed E-state index contributed by atoms with van der Waals surface area (Å²) in [6.45, 7) is 3.01. The standard InChI is InChI=1S/C10H12FNO2/c1-5-3-7(11)4-8(9(5)13)10(14)6(2)12/h3-4,6,13H,12H2,1-2H3. The van der Waals surface area contributed by atoms with Crippen LogP contribution in [-0.4, -0.2) is 16.9 Å². The van der Waals surface area contributed by atoms with Gasteiger partial charge < -0.3 is 10.8 Å². The van der Waals surface area contributed by atoms with E-state index in [1.807, 2.05) is 0 Å². The van der Waals surface area contributed by atoms with Crippen LogP contribution in [0.4, 0.5) is 4.39 Å². The fourth-order valence-electron chi connectivity index (χ4n) is 1.17. The smallest absolute Gasteiger partial charge is 0.183 e. The third-order valence-corrected chi connectivity index (χ3v) is 1.94. The van der Waals surface area contributed by atoms with Crippen LogP contribution in [0.3, 0.4) is 0 Å². The van der Waals surface area contributed by atoms with Gasteiger partial charge in [0.15, 0.2) is 5.78 Å². The summed E-state index contributed by atoms with van der Waals surface area (Å²) in [6.07, 6.45) is 0. The molecule has 76 valence electrons. The zero-order chi connectivity index (χ0) is 10.9. The molecule has 1 aromatic rings. The lowest BCUT2D eigenvalue weighted by atomic mass is 10.0. The monoisotopic (exact) mass is 197 g/mol. The predicted octanol–water partition coefficient (Wildman–Crippen LogP) is 1.37. The topological polar surface area (TPSA) is 63.3 Å². The van der Waals surface area contributed by atoms with E-state index >= 15 is 0 Å². The molecule has 0 saturated heterocycles. The molecule has 3 nitrogen and oxygen atoms in total. The van der Waals surface area contributed by atoms with Crippen molar-refractivity contribution >= 4 is 5.78 Å². The van der Waals surface area contributed by atoms with Gasteiger partial charge in [0.25, 0.3) is 0 Å². The van der Waals surface area contributed by atoms with Crippen molar-refractivity contribution in [3.05, 3.63) is 29.1 Å². The summed E-state index contributed by atoms with van der Waals surface area (Å²) in [4.78, 5) is 11.4. The number of nitrogens with two attached hydrogens (primary N) is 1. The molecule has 0 radical (unpaired) electrons. The van der Waals surface area contributed by atoms with Crippen molar-refractivity contribution in [2.45, 2.75) is 19.9 Å². The molecule has 0 aliphatic carbocycles. The number of carbonyl (C=O) groups is 1. The molecule has 0 bridgehead atoms. The highest BCUT2D eigenvalue weighted by Gasteiger charge is 2.17. The molecular weight excluding hydrogens is 185 g/mol. The molecule has 1 unspecified atom stereocenters. The van der Waals surface area contributed by atoms with Crippen molar-refractivity contribution in [3.8, 4) is 5.75 Å². The average molecular weight is 197 g/mol. The van der Waals surface area contributed by atoms with Crippen molar-refractivity contribution < 1.29 is 14.3 Å². The normalized spacial score (nSPS) is 12.6. The number of hydrogen-bond acceptors (Lipinski definition) is 3. The zero-order valence-electron chi connectivity index (χ0n) is 8.04. The molecule has 1 atom stereocenters. The minimum Gasteiger partial charge on any atom is -0.507 e. The maximum absolute atomic E-state index is 12.9. The Balaban J connectivity index is 3.27. The number of Topliss-reactive ketones (excluding diaryl/α,β-unsaturated/α-hetero) is 1. The highest BCUT2D eigenvalue weighted by molar-refractivity contribution is 6.02. The molecule has 3 N–H and O–H groups in total. The van der Waals surface area contributed by atoms with E-state index in [1.165, 1.54) is 13.8 Å². The molecular formula is C10H12FNO2. The van der Waals surface area contributed by atoms with Crippen LogP contribution in [0.5, 0.6) is 5.75 Å². The van der Waals surface area contributed by atoms with Gasteiger partial charge in [0.2, 0.25) is 0 Å². The van der Waals surface area contributed by atoms with Crippen LogP contribution in [0.1, 0.15) is 22.8 Å². The molecule has 0 spiro atoms. The Bertz CT molecular complexity index is 375. The molecule has 1 aromatic carbocycles. The SMILES string of the molecule is Cc1cc(F)cc(C(=O)C(C)N)c1O. The maximum atomic E-state index is 12.9. The van der Waals surface area contributed by atoms with Crippen molar-refractivity contribution in [3.63, 3.8) is 0 Å². The first-order valence-corrected chi connectivity index (χ1v) is 4.22. The largest absolute Gasteiger partial charge is 0.507 e. The van der Waals surface area contributed by atoms with E-state index in [0.29, 0.717) is 5.56 Å². The van der Waals surface area contributed by atoms with Gasteiger partial charge in [-0.15, -0.1) is 0 Å². The molecule has 4 heteroatoms. The Morgan fingerprint density at radius 3 is 2.64 bits per heavy atom. The summed E-state index contributed by atoms with van der Waals surface area (Å²) in [5, 5.41) is 9.50. The van der Waals surface area contributed by atoms with E-state index in [0.717, 1.165) is 12.1 Å². The minimum atomic E-state index is -0.748. The van der Waals surface area contributed by atoms with Crippen LogP contribution in [0.25, 0.3) is 0 Å². The summed E-state index contributed by atoms with van der Waals surface area (Å²) < 4.78 is 12.9. The number of hydrogen-bond donors (Lipinski definition) is 2. The number of phenolic OH excluding ortho intramolecular Hbond substituents is 1. The van der Waals surface area contributed by atoms with Gasteiger partial charge in [-0.3, -0.25) is 4.79 Å². The summed E-state index contributed by atoms with van der Waals surface area (Å²) in [5.41, 5.74) is 5.62. The van der Waals surface area contributed by atoms with Crippen LogP contribution in [0.15, 0.2) is 12.1 Å². The number of aryl methyl sites for hydroxylation is 1. The van der Waals surface area contributed by atoms with E-state index in [9.17, 15) is 14.3 Å². The Morgan fingerprint density at radius 2 is 2.14 bits per heavy atom. The lowest BCUT2D eigenvalue weighted by Gasteiger charge is -2.08. The van der Waals surface area contributed by atoms with E-state index in [1.54, 1.807) is 0 Å². The van der Waals surface area contributed by atoms with Crippen LogP contribution in [-0.2, 0) is 0 Å². The molecule has 0 fully saturated rings. The third-order valence-electron chi connectivity index (χ3n) is 1.94. The fourth-order valence-corrected chi connectivity index (χ4v) is 1.17. The molecule has 0 aliphatic heterocycles. The average Bonchev–Trinajstić information content (AvgIpc) is 2.09. The summed E-state index contributed by atoms with van der Waals surface area (Å²) in [5.74, 6) is -1.22. The Kier molecular flexibility index (Phi) is 2.86. The number of carbonyl (C=O) groups excluding carboxylic acids is 1. The second-order valence-electron chi connectivity index (χ2n) is 3.27. The maximum Gasteiger partial charge on any atom is 0.183 e. The van der Waals surface area contributed by atoms with Gasteiger partial charge >= 0.3 is 0 Å². The van der Waals surface area contributed by atoms with Crippen molar-refractivity contribution in [2.75, 3.05) is 0 Å². The number of aromatic hydroxyl groups is 1. The molecule has 0 amide bonds. The van der Waals surface area contributed by atoms with E-state index in [4.69, 9.17) is 5.73 Å². The van der Waals surface area contributed by atoms with E-state index < -0.39 is 17.6 Å². The molecule has 1 rings (SSSR count). The summed E-state index contributed by atoms with van der Waals surface area (Å²) in [7, 11) is 0. The van der Waals surface area contributed by atoms with Crippen LogP contribution in [0, 0.1) is 12.7 Å². The van der Waals surface area contributed by atoms with Crippen LogP contribution < -0.4 is 5.73 Å². The molecule has 0 saturated carbocycles. The fraction of sp³-hybridized carbons (Fsp3) is 0.300. The molecule has 14 heavy (non-hydrogen) atoms. The third kappa shape index (κ3) is 1.90. The Morgan fingerprint density at radius 1 is 1.57 bits per heavy atom. The first kappa shape index (κ1) is 10.7. The molecule has 0 heterocycles.